The van der Waals surface area contributed by atoms with Crippen LogP contribution in [0.3, 0.4) is 0 Å². The summed E-state index contributed by atoms with van der Waals surface area (Å²) >= 11 is 0. The van der Waals surface area contributed by atoms with E-state index in [0.29, 0.717) is 0 Å². The summed E-state index contributed by atoms with van der Waals surface area (Å²) in [5, 5.41) is 0. The Morgan fingerprint density at radius 3 is 2.00 bits per heavy atom. The van der Waals surface area contributed by atoms with Crippen LogP contribution in [0.15, 0.2) is 23.3 Å². The first-order chi connectivity index (χ1) is 4.30. The number of rotatable bonds is 0. The molecule has 0 heteroatoms. The van der Waals surface area contributed by atoms with E-state index in [4.69, 9.17) is 0 Å². The molecule has 0 bridgehead atoms. The van der Waals surface area contributed by atoms with Gasteiger partial charge in [-0.2, -0.15) is 0 Å². The topological polar surface area (TPSA) is 0 Å². The molecule has 0 spiro atoms. The lowest BCUT2D eigenvalue weighted by Gasteiger charge is -1.76. The minimum atomic E-state index is 1.08. The van der Waals surface area contributed by atoms with Crippen molar-refractivity contribution < 1.29 is 0 Å². The van der Waals surface area contributed by atoms with Crippen molar-refractivity contribution in [1.29, 1.82) is 0 Å². The van der Waals surface area contributed by atoms with Crippen molar-refractivity contribution in [3.8, 4) is 0 Å². The van der Waals surface area contributed by atoms with Crippen LogP contribution in [-0.4, -0.2) is 0 Å². The average Bonchev–Trinajstić information content (AvgIpc) is 1.99. The molecule has 9 heavy (non-hydrogen) atoms. The summed E-state index contributed by atoms with van der Waals surface area (Å²) in [7, 11) is 0. The van der Waals surface area contributed by atoms with E-state index in [1.807, 2.05) is 0 Å². The van der Waals surface area contributed by atoms with Crippen molar-refractivity contribution in [2.24, 2.45) is 0 Å². The summed E-state index contributed by atoms with van der Waals surface area (Å²) in [6.45, 7) is 4.28. The normalized spacial score (nSPS) is 18.4. The summed E-state index contributed by atoms with van der Waals surface area (Å²) < 4.78 is 0. The van der Waals surface area contributed by atoms with Crippen molar-refractivity contribution in [3.63, 3.8) is 0 Å². The molecule has 0 aromatic heterocycles. The van der Waals surface area contributed by atoms with Crippen molar-refractivity contribution in [2.75, 3.05) is 0 Å². The Labute approximate surface area is 57.3 Å². The van der Waals surface area contributed by atoms with Gasteiger partial charge in [0.2, 0.25) is 0 Å². The van der Waals surface area contributed by atoms with Crippen LogP contribution in [0.5, 0.6) is 0 Å². The van der Waals surface area contributed by atoms with Gasteiger partial charge in [-0.25, -0.2) is 0 Å². The molecule has 1 rings (SSSR count). The highest BCUT2D eigenvalue weighted by atomic mass is 14.0. The standard InChI is InChI=1S/C9H12/c1-8-6-4-3-5-7-9(8)2/h4-7H,3H2,1-2H3/q+2. The predicted molar refractivity (Wildman–Crippen MR) is 40.7 cm³/mol. The van der Waals surface area contributed by atoms with Crippen molar-refractivity contribution in [1.82, 2.24) is 0 Å². The lowest BCUT2D eigenvalue weighted by molar-refractivity contribution is 1.22. The first-order valence-electron chi connectivity index (χ1n) is 3.31. The van der Waals surface area contributed by atoms with E-state index in [9.17, 15) is 0 Å². The van der Waals surface area contributed by atoms with Crippen LogP contribution in [0.1, 0.15) is 20.3 Å². The Morgan fingerprint density at radius 2 is 1.56 bits per heavy atom. The summed E-state index contributed by atoms with van der Waals surface area (Å²) in [6, 6.07) is 0. The van der Waals surface area contributed by atoms with Crippen molar-refractivity contribution in [3.05, 3.63) is 36.1 Å². The van der Waals surface area contributed by atoms with Gasteiger partial charge < -0.3 is 0 Å². The van der Waals surface area contributed by atoms with Gasteiger partial charge in [0.15, 0.2) is 11.1 Å². The molecule has 1 aliphatic carbocycles. The maximum absolute atomic E-state index is 2.18. The summed E-state index contributed by atoms with van der Waals surface area (Å²) in [4.78, 5) is 0. The quantitative estimate of drug-likeness (QED) is 0.431. The lowest BCUT2D eigenvalue weighted by Crippen LogP contribution is -1.74. The first-order valence-corrected chi connectivity index (χ1v) is 3.31. The second-order valence-electron chi connectivity index (χ2n) is 2.41. The molecule has 0 heterocycles. The third-order valence-electron chi connectivity index (χ3n) is 1.63. The van der Waals surface area contributed by atoms with Crippen molar-refractivity contribution >= 4 is 0 Å². The van der Waals surface area contributed by atoms with Gasteiger partial charge in [-0.05, 0) is 0 Å². The van der Waals surface area contributed by atoms with Crippen molar-refractivity contribution in [2.45, 2.75) is 20.3 Å². The SMILES string of the molecule is CC1=C[CH+]C[CH+]C=C1C. The molecule has 0 amide bonds. The van der Waals surface area contributed by atoms with Crippen LogP contribution < -0.4 is 0 Å². The molecule has 0 saturated heterocycles. The van der Waals surface area contributed by atoms with Crippen LogP contribution in [-0.2, 0) is 0 Å². The molecule has 1 aliphatic rings. The van der Waals surface area contributed by atoms with E-state index < -0.39 is 0 Å². The van der Waals surface area contributed by atoms with Crippen LogP contribution in [0.25, 0.3) is 0 Å². The molecule has 0 aromatic carbocycles. The van der Waals surface area contributed by atoms with Gasteiger partial charge >= 0.3 is 0 Å². The average molecular weight is 120 g/mol. The zero-order valence-electron chi connectivity index (χ0n) is 6.02. The molecule has 0 atom stereocenters. The monoisotopic (exact) mass is 120 g/mol. The number of hydrogen-bond donors (Lipinski definition) is 0. The van der Waals surface area contributed by atoms with E-state index in [2.05, 4.69) is 38.8 Å². The highest BCUT2D eigenvalue weighted by Crippen LogP contribution is 2.14. The third-order valence-corrected chi connectivity index (χ3v) is 1.63. The zero-order chi connectivity index (χ0) is 6.69. The fourth-order valence-corrected chi connectivity index (χ4v) is 0.831. The van der Waals surface area contributed by atoms with E-state index in [1.54, 1.807) is 0 Å². The summed E-state index contributed by atoms with van der Waals surface area (Å²) in [6.07, 6.45) is 9.80. The maximum Gasteiger partial charge on any atom is 0.160 e. The van der Waals surface area contributed by atoms with E-state index in [-0.39, 0.29) is 0 Å². The molecule has 0 fully saturated rings. The van der Waals surface area contributed by atoms with Crippen LogP contribution in [0.2, 0.25) is 0 Å². The Morgan fingerprint density at radius 1 is 1.11 bits per heavy atom. The smallest absolute Gasteiger partial charge is 0.0482 e. The van der Waals surface area contributed by atoms with E-state index in [1.165, 1.54) is 11.1 Å². The van der Waals surface area contributed by atoms with E-state index >= 15 is 0 Å². The fraction of sp³-hybridized carbons (Fsp3) is 0.333. The second-order valence-corrected chi connectivity index (χ2v) is 2.41. The zero-order valence-corrected chi connectivity index (χ0v) is 6.02. The van der Waals surface area contributed by atoms with Gasteiger partial charge in [-0.3, -0.25) is 0 Å². The highest BCUT2D eigenvalue weighted by Gasteiger charge is 2.12. The molecular weight excluding hydrogens is 108 g/mol. The van der Waals surface area contributed by atoms with Gasteiger partial charge in [0, 0.05) is 13.8 Å². The molecule has 0 nitrogen and oxygen atoms in total. The summed E-state index contributed by atoms with van der Waals surface area (Å²) in [5.41, 5.74) is 2.76. The molecule has 0 aliphatic heterocycles. The van der Waals surface area contributed by atoms with Gasteiger partial charge in [0.25, 0.3) is 0 Å². The Balaban J connectivity index is 2.71. The minimum absolute atomic E-state index is 1.08. The molecule has 0 radical (unpaired) electrons. The van der Waals surface area contributed by atoms with Gasteiger partial charge in [0.1, 0.15) is 18.6 Å². The fourth-order valence-electron chi connectivity index (χ4n) is 0.831. The van der Waals surface area contributed by atoms with Gasteiger partial charge in [-0.1, -0.05) is 0 Å². The number of hydrogen-bond acceptors (Lipinski definition) is 0. The Bertz CT molecular complexity index is 131. The molecule has 0 N–H and O–H groups in total. The Kier molecular flexibility index (Phi) is 1.88. The lowest BCUT2D eigenvalue weighted by atomic mass is 10.1. The molecular formula is C9H12+2. The van der Waals surface area contributed by atoms with Crippen LogP contribution >= 0.6 is 0 Å². The second kappa shape index (κ2) is 2.67. The first kappa shape index (κ1) is 6.34. The van der Waals surface area contributed by atoms with Crippen LogP contribution in [0.4, 0.5) is 0 Å². The van der Waals surface area contributed by atoms with E-state index in [0.717, 1.165) is 6.42 Å². The van der Waals surface area contributed by atoms with Gasteiger partial charge in [-0.15, -0.1) is 0 Å². The predicted octanol–water partition coefficient (Wildman–Crippen LogP) is 2.69. The van der Waals surface area contributed by atoms with Crippen LogP contribution in [0, 0.1) is 12.8 Å². The molecule has 0 saturated carbocycles. The third kappa shape index (κ3) is 1.56. The molecule has 0 unspecified atom stereocenters. The molecule has 0 aromatic rings. The minimum Gasteiger partial charge on any atom is 0.0482 e. The summed E-state index contributed by atoms with van der Waals surface area (Å²) in [5.74, 6) is 0. The Hall–Kier alpha value is -0.780. The highest BCUT2D eigenvalue weighted by molar-refractivity contribution is 5.33. The largest absolute Gasteiger partial charge is 0.160 e. The maximum atomic E-state index is 2.18. The number of allylic oxidation sites excluding steroid dienone is 4. The molecule has 46 valence electrons. The van der Waals surface area contributed by atoms with Gasteiger partial charge in [0.05, 0.1) is 12.8 Å².